The Hall–Kier alpha value is -0.0800. The van der Waals surface area contributed by atoms with Crippen LogP contribution in [0.15, 0.2) is 0 Å². The topological polar surface area (TPSA) is 40.5 Å². The Morgan fingerprint density at radius 2 is 1.70 bits per heavy atom. The van der Waals surface area contributed by atoms with Gasteiger partial charge in [0.25, 0.3) is 0 Å². The number of aliphatic hydroxyl groups excluding tert-OH is 2. The maximum Gasteiger partial charge on any atom is 0.0821 e. The fourth-order valence-corrected chi connectivity index (χ4v) is 0.911. The molecular formula is C8H18O2. The highest BCUT2D eigenvalue weighted by molar-refractivity contribution is 4.69. The van der Waals surface area contributed by atoms with Crippen LogP contribution in [0.2, 0.25) is 0 Å². The van der Waals surface area contributed by atoms with Crippen LogP contribution in [-0.4, -0.2) is 22.4 Å². The molecule has 0 aromatic heterocycles. The summed E-state index contributed by atoms with van der Waals surface area (Å²) in [7, 11) is 0. The van der Waals surface area contributed by atoms with Gasteiger partial charge in [0, 0.05) is 0 Å². The van der Waals surface area contributed by atoms with Gasteiger partial charge in [-0.2, -0.15) is 0 Å². The molecule has 0 heterocycles. The minimum Gasteiger partial charge on any atom is -0.390 e. The summed E-state index contributed by atoms with van der Waals surface area (Å²) in [6, 6.07) is 0. The molecular weight excluding hydrogens is 128 g/mol. The molecule has 0 saturated carbocycles. The number of rotatable bonds is 4. The van der Waals surface area contributed by atoms with E-state index in [1.165, 1.54) is 0 Å². The van der Waals surface area contributed by atoms with Crippen molar-refractivity contribution in [2.45, 2.75) is 45.8 Å². The quantitative estimate of drug-likeness (QED) is 0.625. The van der Waals surface area contributed by atoms with Crippen molar-refractivity contribution in [1.82, 2.24) is 0 Å². The van der Waals surface area contributed by atoms with Crippen LogP contribution < -0.4 is 0 Å². The van der Waals surface area contributed by atoms with Gasteiger partial charge in [-0.1, -0.05) is 27.2 Å². The Bertz CT molecular complexity index is 81.3. The summed E-state index contributed by atoms with van der Waals surface area (Å²) in [6.45, 7) is 5.81. The van der Waals surface area contributed by atoms with Crippen molar-refractivity contribution >= 4 is 0 Å². The van der Waals surface area contributed by atoms with E-state index in [4.69, 9.17) is 0 Å². The fraction of sp³-hybridized carbons (Fsp3) is 1.00. The van der Waals surface area contributed by atoms with Crippen LogP contribution in [0.25, 0.3) is 0 Å². The molecule has 2 nitrogen and oxygen atoms in total. The Kier molecular flexibility index (Phi) is 4.65. The van der Waals surface area contributed by atoms with E-state index >= 15 is 0 Å². The molecule has 0 aromatic carbocycles. The summed E-state index contributed by atoms with van der Waals surface area (Å²) in [5.41, 5.74) is 0. The van der Waals surface area contributed by atoms with Crippen LogP contribution >= 0.6 is 0 Å². The van der Waals surface area contributed by atoms with Gasteiger partial charge in [-0.15, -0.1) is 0 Å². The second-order valence-corrected chi connectivity index (χ2v) is 3.09. The molecule has 2 heteroatoms. The molecule has 62 valence electrons. The average molecular weight is 146 g/mol. The molecule has 0 radical (unpaired) electrons. The van der Waals surface area contributed by atoms with Gasteiger partial charge in [0.05, 0.1) is 12.2 Å². The first-order valence-corrected chi connectivity index (χ1v) is 3.95. The van der Waals surface area contributed by atoms with E-state index in [1.54, 1.807) is 0 Å². The molecule has 0 spiro atoms. The molecule has 2 atom stereocenters. The van der Waals surface area contributed by atoms with E-state index in [0.717, 1.165) is 6.42 Å². The van der Waals surface area contributed by atoms with E-state index in [9.17, 15) is 10.2 Å². The highest BCUT2D eigenvalue weighted by Gasteiger charge is 2.17. The van der Waals surface area contributed by atoms with Crippen molar-refractivity contribution in [3.05, 3.63) is 0 Å². The van der Waals surface area contributed by atoms with Crippen molar-refractivity contribution in [2.75, 3.05) is 0 Å². The van der Waals surface area contributed by atoms with Gasteiger partial charge >= 0.3 is 0 Å². The third kappa shape index (κ3) is 3.18. The molecule has 2 N–H and O–H groups in total. The van der Waals surface area contributed by atoms with Gasteiger partial charge in [0.1, 0.15) is 0 Å². The SMILES string of the molecule is CCCC(O)C(O)C(C)C. The van der Waals surface area contributed by atoms with Crippen LogP contribution in [0.3, 0.4) is 0 Å². The highest BCUT2D eigenvalue weighted by atomic mass is 16.3. The van der Waals surface area contributed by atoms with Crippen LogP contribution in [0.4, 0.5) is 0 Å². The minimum absolute atomic E-state index is 0.154. The predicted molar refractivity (Wildman–Crippen MR) is 41.8 cm³/mol. The summed E-state index contributed by atoms with van der Waals surface area (Å²) in [6.07, 6.45) is 0.523. The summed E-state index contributed by atoms with van der Waals surface area (Å²) in [5.74, 6) is 0.154. The Morgan fingerprint density at radius 1 is 1.20 bits per heavy atom. The zero-order valence-corrected chi connectivity index (χ0v) is 7.04. The van der Waals surface area contributed by atoms with Crippen LogP contribution in [0.5, 0.6) is 0 Å². The predicted octanol–water partition coefficient (Wildman–Crippen LogP) is 1.16. The minimum atomic E-state index is -0.556. The molecule has 0 fully saturated rings. The zero-order chi connectivity index (χ0) is 8.15. The third-order valence-corrected chi connectivity index (χ3v) is 1.66. The van der Waals surface area contributed by atoms with Gasteiger partial charge in [0.15, 0.2) is 0 Å². The number of hydrogen-bond acceptors (Lipinski definition) is 2. The van der Waals surface area contributed by atoms with E-state index in [1.807, 2.05) is 20.8 Å². The first-order chi connectivity index (χ1) is 4.59. The smallest absolute Gasteiger partial charge is 0.0821 e. The lowest BCUT2D eigenvalue weighted by atomic mass is 9.99. The van der Waals surface area contributed by atoms with Crippen molar-refractivity contribution in [2.24, 2.45) is 5.92 Å². The molecule has 0 aromatic rings. The van der Waals surface area contributed by atoms with Gasteiger partial charge in [-0.05, 0) is 12.3 Å². The van der Waals surface area contributed by atoms with Crippen LogP contribution in [-0.2, 0) is 0 Å². The Morgan fingerprint density at radius 3 is 2.00 bits per heavy atom. The monoisotopic (exact) mass is 146 g/mol. The van der Waals surface area contributed by atoms with Crippen molar-refractivity contribution in [1.29, 1.82) is 0 Å². The van der Waals surface area contributed by atoms with Gasteiger partial charge in [0.2, 0.25) is 0 Å². The molecule has 0 aliphatic rings. The van der Waals surface area contributed by atoms with E-state index in [0.29, 0.717) is 6.42 Å². The molecule has 0 aliphatic heterocycles. The number of aliphatic hydroxyl groups is 2. The Balaban J connectivity index is 3.58. The van der Waals surface area contributed by atoms with Gasteiger partial charge < -0.3 is 10.2 Å². The maximum absolute atomic E-state index is 9.28. The molecule has 0 saturated heterocycles. The summed E-state index contributed by atoms with van der Waals surface area (Å²) < 4.78 is 0. The zero-order valence-electron chi connectivity index (χ0n) is 7.04. The van der Waals surface area contributed by atoms with E-state index < -0.39 is 12.2 Å². The lowest BCUT2D eigenvalue weighted by Crippen LogP contribution is -2.30. The molecule has 0 amide bonds. The number of hydrogen-bond donors (Lipinski definition) is 2. The molecule has 2 unspecified atom stereocenters. The summed E-state index contributed by atoms with van der Waals surface area (Å²) in [4.78, 5) is 0. The van der Waals surface area contributed by atoms with Gasteiger partial charge in [-0.25, -0.2) is 0 Å². The second kappa shape index (κ2) is 4.69. The fourth-order valence-electron chi connectivity index (χ4n) is 0.911. The van der Waals surface area contributed by atoms with Crippen molar-refractivity contribution < 1.29 is 10.2 Å². The van der Waals surface area contributed by atoms with E-state index in [-0.39, 0.29) is 5.92 Å². The van der Waals surface area contributed by atoms with Crippen molar-refractivity contribution in [3.8, 4) is 0 Å². The molecule has 0 rings (SSSR count). The molecule has 0 aliphatic carbocycles. The lowest BCUT2D eigenvalue weighted by Gasteiger charge is -2.20. The standard InChI is InChI=1S/C8H18O2/c1-4-5-7(9)8(10)6(2)3/h6-10H,4-5H2,1-3H3. The largest absolute Gasteiger partial charge is 0.390 e. The summed E-state index contributed by atoms with van der Waals surface area (Å²) in [5, 5.41) is 18.5. The second-order valence-electron chi connectivity index (χ2n) is 3.09. The van der Waals surface area contributed by atoms with Crippen molar-refractivity contribution in [3.63, 3.8) is 0 Å². The first-order valence-electron chi connectivity index (χ1n) is 3.95. The van der Waals surface area contributed by atoms with E-state index in [2.05, 4.69) is 0 Å². The lowest BCUT2D eigenvalue weighted by molar-refractivity contribution is -0.0123. The average Bonchev–Trinajstić information content (AvgIpc) is 1.87. The summed E-state index contributed by atoms with van der Waals surface area (Å²) >= 11 is 0. The van der Waals surface area contributed by atoms with Crippen LogP contribution in [0.1, 0.15) is 33.6 Å². The van der Waals surface area contributed by atoms with Crippen LogP contribution in [0, 0.1) is 5.92 Å². The highest BCUT2D eigenvalue weighted by Crippen LogP contribution is 2.10. The molecule has 10 heavy (non-hydrogen) atoms. The third-order valence-electron chi connectivity index (χ3n) is 1.66. The normalized spacial score (nSPS) is 17.4. The Labute approximate surface area is 62.9 Å². The maximum atomic E-state index is 9.28. The van der Waals surface area contributed by atoms with Gasteiger partial charge in [-0.3, -0.25) is 0 Å². The molecule has 0 bridgehead atoms. The first kappa shape index (κ1) is 9.92.